The van der Waals surface area contributed by atoms with Crippen molar-refractivity contribution in [1.29, 1.82) is 0 Å². The number of rotatable bonds is 4. The first-order chi connectivity index (χ1) is 7.63. The number of hydrogen-bond donors (Lipinski definition) is 4. The van der Waals surface area contributed by atoms with Crippen LogP contribution in [-0.2, 0) is 4.79 Å². The predicted molar refractivity (Wildman–Crippen MR) is 58.8 cm³/mol. The van der Waals surface area contributed by atoms with E-state index in [2.05, 4.69) is 10.3 Å². The van der Waals surface area contributed by atoms with Crippen molar-refractivity contribution in [3.63, 3.8) is 0 Å². The van der Waals surface area contributed by atoms with Gasteiger partial charge >= 0.3 is 5.69 Å². The molecule has 1 heterocycles. The minimum atomic E-state index is -0.588. The number of amides is 1. The van der Waals surface area contributed by atoms with Gasteiger partial charge in [-0.3, -0.25) is 14.6 Å². The molecule has 0 atom stereocenters. The molecule has 0 aliphatic heterocycles. The molecule has 0 radical (unpaired) electrons. The van der Waals surface area contributed by atoms with Crippen LogP contribution in [0.25, 0.3) is 6.08 Å². The van der Waals surface area contributed by atoms with Gasteiger partial charge in [0.05, 0.1) is 5.56 Å². The molecule has 0 aliphatic carbocycles. The Morgan fingerprint density at radius 1 is 1.50 bits per heavy atom. The largest absolute Gasteiger partial charge is 0.351 e. The zero-order valence-corrected chi connectivity index (χ0v) is 8.45. The predicted octanol–water partition coefficient (Wildman–Crippen LogP) is -1.85. The van der Waals surface area contributed by atoms with Crippen LogP contribution >= 0.6 is 0 Å². The van der Waals surface area contributed by atoms with Crippen LogP contribution in [0, 0.1) is 0 Å². The van der Waals surface area contributed by atoms with Gasteiger partial charge in [-0.1, -0.05) is 0 Å². The van der Waals surface area contributed by atoms with Gasteiger partial charge in [-0.2, -0.15) is 0 Å². The van der Waals surface area contributed by atoms with E-state index in [1.807, 2.05) is 4.98 Å². The number of carbonyl (C=O) groups excluding carboxylic acids is 1. The van der Waals surface area contributed by atoms with Gasteiger partial charge in [0, 0.05) is 25.4 Å². The van der Waals surface area contributed by atoms with Gasteiger partial charge in [-0.05, 0) is 6.08 Å². The number of aromatic nitrogens is 2. The monoisotopic (exact) mass is 224 g/mol. The highest BCUT2D eigenvalue weighted by molar-refractivity contribution is 5.91. The summed E-state index contributed by atoms with van der Waals surface area (Å²) in [4.78, 5) is 37.3. The van der Waals surface area contributed by atoms with Gasteiger partial charge in [0.1, 0.15) is 0 Å². The molecule has 5 N–H and O–H groups in total. The molecular formula is C9H12N4O3. The van der Waals surface area contributed by atoms with Gasteiger partial charge in [0.15, 0.2) is 0 Å². The Morgan fingerprint density at radius 2 is 2.25 bits per heavy atom. The van der Waals surface area contributed by atoms with Crippen molar-refractivity contribution in [3.8, 4) is 0 Å². The molecule has 0 saturated heterocycles. The molecule has 7 nitrogen and oxygen atoms in total. The van der Waals surface area contributed by atoms with E-state index >= 15 is 0 Å². The van der Waals surface area contributed by atoms with Crippen LogP contribution in [0.3, 0.4) is 0 Å². The molecule has 7 heteroatoms. The standard InChI is InChI=1S/C9H12N4O3/c10-3-4-11-7(14)2-1-6-5-12-9(16)13-8(6)15/h1-2,5H,3-4,10H2,(H,11,14)(H2,12,13,15,16)/b2-1+. The fourth-order valence-electron chi connectivity index (χ4n) is 0.964. The lowest BCUT2D eigenvalue weighted by Gasteiger charge is -1.97. The zero-order chi connectivity index (χ0) is 12.0. The lowest BCUT2D eigenvalue weighted by atomic mass is 10.3. The van der Waals surface area contributed by atoms with Crippen molar-refractivity contribution in [2.24, 2.45) is 5.73 Å². The topological polar surface area (TPSA) is 121 Å². The van der Waals surface area contributed by atoms with Crippen LogP contribution in [0.15, 0.2) is 21.9 Å². The molecule has 0 saturated carbocycles. The molecule has 1 rings (SSSR count). The molecule has 0 unspecified atom stereocenters. The first kappa shape index (κ1) is 11.9. The van der Waals surface area contributed by atoms with E-state index in [-0.39, 0.29) is 11.5 Å². The highest BCUT2D eigenvalue weighted by Crippen LogP contribution is 1.88. The summed E-state index contributed by atoms with van der Waals surface area (Å²) in [7, 11) is 0. The molecular weight excluding hydrogens is 212 g/mol. The summed E-state index contributed by atoms with van der Waals surface area (Å²) in [6.45, 7) is 0.712. The molecule has 16 heavy (non-hydrogen) atoms. The van der Waals surface area contributed by atoms with Gasteiger partial charge in [0.25, 0.3) is 5.56 Å². The Labute approximate surface area is 90.4 Å². The number of hydrogen-bond acceptors (Lipinski definition) is 4. The Hall–Kier alpha value is -2.15. The van der Waals surface area contributed by atoms with Crippen molar-refractivity contribution in [1.82, 2.24) is 15.3 Å². The third-order valence-electron chi connectivity index (χ3n) is 1.71. The maximum atomic E-state index is 11.2. The summed E-state index contributed by atoms with van der Waals surface area (Å²) in [6, 6.07) is 0. The summed E-state index contributed by atoms with van der Waals surface area (Å²) in [5.41, 5.74) is 4.25. The fourth-order valence-corrected chi connectivity index (χ4v) is 0.964. The quantitative estimate of drug-likeness (QED) is 0.448. The van der Waals surface area contributed by atoms with Crippen molar-refractivity contribution in [3.05, 3.63) is 38.7 Å². The van der Waals surface area contributed by atoms with Crippen LogP contribution in [0.2, 0.25) is 0 Å². The second kappa shape index (κ2) is 5.66. The van der Waals surface area contributed by atoms with Gasteiger partial charge in [-0.15, -0.1) is 0 Å². The molecule has 0 aliphatic rings. The van der Waals surface area contributed by atoms with Crippen LogP contribution in [-0.4, -0.2) is 29.0 Å². The SMILES string of the molecule is NCCNC(=O)/C=C/c1c[nH]c(=O)[nH]c1=O. The van der Waals surface area contributed by atoms with Gasteiger partial charge in [0.2, 0.25) is 5.91 Å². The van der Waals surface area contributed by atoms with Gasteiger partial charge < -0.3 is 16.0 Å². The highest BCUT2D eigenvalue weighted by Gasteiger charge is 1.97. The van der Waals surface area contributed by atoms with Crippen LogP contribution in [0.4, 0.5) is 0 Å². The Morgan fingerprint density at radius 3 is 2.88 bits per heavy atom. The second-order valence-electron chi connectivity index (χ2n) is 2.94. The van der Waals surface area contributed by atoms with E-state index in [9.17, 15) is 14.4 Å². The Balaban J connectivity index is 2.73. The minimum absolute atomic E-state index is 0.197. The van der Waals surface area contributed by atoms with Crippen LogP contribution < -0.4 is 22.3 Å². The average molecular weight is 224 g/mol. The van der Waals surface area contributed by atoms with Gasteiger partial charge in [-0.25, -0.2) is 4.79 Å². The number of nitrogens with one attached hydrogen (secondary N) is 3. The van der Waals surface area contributed by atoms with E-state index < -0.39 is 11.2 Å². The van der Waals surface area contributed by atoms with Crippen molar-refractivity contribution < 1.29 is 4.79 Å². The summed E-state index contributed by atoms with van der Waals surface area (Å²) in [5, 5.41) is 2.50. The van der Waals surface area contributed by atoms with Crippen molar-refractivity contribution in [2.45, 2.75) is 0 Å². The molecule has 0 bridgehead atoms. The zero-order valence-electron chi connectivity index (χ0n) is 8.45. The number of carbonyl (C=O) groups is 1. The first-order valence-electron chi connectivity index (χ1n) is 4.61. The number of nitrogens with two attached hydrogens (primary N) is 1. The molecule has 1 aromatic rings. The van der Waals surface area contributed by atoms with E-state index in [0.29, 0.717) is 13.1 Å². The summed E-state index contributed by atoms with van der Waals surface area (Å²) in [5.74, 6) is -0.351. The summed E-state index contributed by atoms with van der Waals surface area (Å²) < 4.78 is 0. The van der Waals surface area contributed by atoms with E-state index in [4.69, 9.17) is 5.73 Å². The minimum Gasteiger partial charge on any atom is -0.351 e. The third-order valence-corrected chi connectivity index (χ3v) is 1.71. The number of H-pyrrole nitrogens is 2. The lowest BCUT2D eigenvalue weighted by Crippen LogP contribution is -2.27. The summed E-state index contributed by atoms with van der Waals surface area (Å²) in [6.07, 6.45) is 3.73. The van der Waals surface area contributed by atoms with E-state index in [0.717, 1.165) is 0 Å². The molecule has 0 fully saturated rings. The Bertz CT molecular complexity index is 500. The average Bonchev–Trinajstić information content (AvgIpc) is 2.25. The number of aromatic amines is 2. The van der Waals surface area contributed by atoms with Crippen molar-refractivity contribution in [2.75, 3.05) is 13.1 Å². The first-order valence-corrected chi connectivity index (χ1v) is 4.61. The normalized spacial score (nSPS) is 10.6. The van der Waals surface area contributed by atoms with Crippen molar-refractivity contribution >= 4 is 12.0 Å². The molecule has 1 aromatic heterocycles. The molecule has 1 amide bonds. The smallest absolute Gasteiger partial charge is 0.325 e. The molecule has 0 spiro atoms. The Kier molecular flexibility index (Phi) is 4.22. The molecule has 86 valence electrons. The maximum Gasteiger partial charge on any atom is 0.325 e. The third kappa shape index (κ3) is 3.54. The molecule has 0 aromatic carbocycles. The second-order valence-corrected chi connectivity index (χ2v) is 2.94. The summed E-state index contributed by atoms with van der Waals surface area (Å²) >= 11 is 0. The van der Waals surface area contributed by atoms with E-state index in [1.165, 1.54) is 18.3 Å². The lowest BCUT2D eigenvalue weighted by molar-refractivity contribution is -0.116. The highest BCUT2D eigenvalue weighted by atomic mass is 16.2. The van der Waals surface area contributed by atoms with Crippen LogP contribution in [0.5, 0.6) is 0 Å². The van der Waals surface area contributed by atoms with E-state index in [1.54, 1.807) is 0 Å². The fraction of sp³-hybridized carbons (Fsp3) is 0.222. The maximum absolute atomic E-state index is 11.2. The van der Waals surface area contributed by atoms with Crippen LogP contribution in [0.1, 0.15) is 5.56 Å².